The summed E-state index contributed by atoms with van der Waals surface area (Å²) in [5, 5.41) is 0. The topological polar surface area (TPSA) is 17.1 Å². The Hall–Kier alpha value is -0.137. The molecular weight excluding hydrogens is 319 g/mol. The molecule has 13 heavy (non-hydrogen) atoms. The van der Waals surface area contributed by atoms with E-state index in [0.29, 0.717) is 6.42 Å². The SMILES string of the molecule is O=C1CCc2ccc(Br)cc2[C]1=[Rh]. The van der Waals surface area contributed by atoms with E-state index in [1.165, 1.54) is 5.56 Å². The molecule has 0 aromatic heterocycles. The Morgan fingerprint density at radius 3 is 2.85 bits per heavy atom. The molecule has 1 aliphatic carbocycles. The van der Waals surface area contributed by atoms with E-state index in [4.69, 9.17) is 0 Å². The molecule has 0 bridgehead atoms. The molecule has 0 radical (unpaired) electrons. The number of carbonyl (C=O) groups is 1. The quantitative estimate of drug-likeness (QED) is 0.667. The second-order valence-electron chi connectivity index (χ2n) is 3.02. The van der Waals surface area contributed by atoms with Crippen LogP contribution in [0.3, 0.4) is 0 Å². The minimum atomic E-state index is 0.234. The normalized spacial score (nSPS) is 15.8. The van der Waals surface area contributed by atoms with Gasteiger partial charge in [-0.1, -0.05) is 0 Å². The van der Waals surface area contributed by atoms with Crippen LogP contribution in [-0.2, 0) is 29.1 Å². The van der Waals surface area contributed by atoms with Gasteiger partial charge < -0.3 is 0 Å². The predicted octanol–water partition coefficient (Wildman–Crippen LogP) is 2.03. The van der Waals surface area contributed by atoms with Crippen LogP contribution in [0.2, 0.25) is 0 Å². The van der Waals surface area contributed by atoms with Crippen molar-refractivity contribution in [1.82, 2.24) is 0 Å². The van der Waals surface area contributed by atoms with Gasteiger partial charge in [0.05, 0.1) is 0 Å². The molecule has 0 fully saturated rings. The number of hydrogen-bond acceptors (Lipinski definition) is 1. The molecule has 0 heterocycles. The summed E-state index contributed by atoms with van der Waals surface area (Å²) in [4.78, 5) is 11.4. The fourth-order valence-electron chi connectivity index (χ4n) is 1.46. The molecular formula is C10H7BrORh. The summed E-state index contributed by atoms with van der Waals surface area (Å²) < 4.78 is 1.82. The number of ketones is 1. The second kappa shape index (κ2) is 3.55. The number of carbonyl (C=O) groups excluding carboxylic acids is 1. The summed E-state index contributed by atoms with van der Waals surface area (Å²) in [5.74, 6) is 0.234. The first-order valence-corrected chi connectivity index (χ1v) is 5.62. The monoisotopic (exact) mass is 325 g/mol. The average molecular weight is 326 g/mol. The molecule has 0 amide bonds. The van der Waals surface area contributed by atoms with Crippen LogP contribution in [-0.4, -0.2) is 9.89 Å². The zero-order valence-corrected chi connectivity index (χ0v) is 9.99. The van der Waals surface area contributed by atoms with E-state index >= 15 is 0 Å². The maximum atomic E-state index is 11.4. The Labute approximate surface area is 94.9 Å². The number of fused-ring (bicyclic) bond motifs is 1. The zero-order chi connectivity index (χ0) is 9.42. The van der Waals surface area contributed by atoms with Gasteiger partial charge in [0.2, 0.25) is 0 Å². The van der Waals surface area contributed by atoms with E-state index in [1.54, 1.807) is 0 Å². The van der Waals surface area contributed by atoms with Crippen molar-refractivity contribution in [1.29, 1.82) is 0 Å². The van der Waals surface area contributed by atoms with Gasteiger partial charge in [0.25, 0.3) is 0 Å². The molecule has 2 rings (SSSR count). The standard InChI is InChI=1S/C10H7BrO.Rh/c11-9-3-1-7-2-4-10(12)6-8(7)5-9;/h1,3,5H,2,4H2;. The van der Waals surface area contributed by atoms with E-state index in [1.807, 2.05) is 12.1 Å². The van der Waals surface area contributed by atoms with E-state index in [9.17, 15) is 4.79 Å². The van der Waals surface area contributed by atoms with Crippen LogP contribution in [0.1, 0.15) is 17.5 Å². The van der Waals surface area contributed by atoms with Crippen molar-refractivity contribution in [2.24, 2.45) is 0 Å². The van der Waals surface area contributed by atoms with Crippen molar-refractivity contribution >= 4 is 25.8 Å². The van der Waals surface area contributed by atoms with Gasteiger partial charge in [-0.3, -0.25) is 0 Å². The van der Waals surface area contributed by atoms with Crippen molar-refractivity contribution in [2.75, 3.05) is 0 Å². The van der Waals surface area contributed by atoms with Crippen LogP contribution in [0, 0.1) is 0 Å². The molecule has 1 aromatic carbocycles. The third-order valence-electron chi connectivity index (χ3n) is 2.15. The Kier molecular flexibility index (Phi) is 2.57. The minimum absolute atomic E-state index is 0.234. The fourth-order valence-corrected chi connectivity index (χ4v) is 2.41. The summed E-state index contributed by atoms with van der Waals surface area (Å²) in [6.45, 7) is 0. The first-order chi connectivity index (χ1) is 6.18. The number of aryl methyl sites for hydroxylation is 1. The maximum absolute atomic E-state index is 11.4. The number of halogens is 1. The summed E-state index contributed by atoms with van der Waals surface area (Å²) in [7, 11) is 0. The number of rotatable bonds is 0. The van der Waals surface area contributed by atoms with Gasteiger partial charge in [-0.05, 0) is 0 Å². The van der Waals surface area contributed by atoms with E-state index in [0.717, 1.165) is 20.6 Å². The van der Waals surface area contributed by atoms with E-state index < -0.39 is 0 Å². The van der Waals surface area contributed by atoms with Crippen molar-refractivity contribution < 1.29 is 22.6 Å². The van der Waals surface area contributed by atoms with Crippen molar-refractivity contribution in [2.45, 2.75) is 12.8 Å². The number of Topliss-reactive ketones (excluding diaryl/α,β-unsaturated/α-hetero) is 1. The van der Waals surface area contributed by atoms with Crippen LogP contribution in [0.5, 0.6) is 0 Å². The molecule has 0 saturated carbocycles. The molecule has 69 valence electrons. The number of hydrogen-bond donors (Lipinski definition) is 0. The summed E-state index contributed by atoms with van der Waals surface area (Å²) in [6, 6.07) is 6.09. The van der Waals surface area contributed by atoms with Gasteiger partial charge in [-0.2, -0.15) is 0 Å². The van der Waals surface area contributed by atoms with Crippen molar-refractivity contribution in [3.8, 4) is 0 Å². The molecule has 0 unspecified atom stereocenters. The summed E-state index contributed by atoms with van der Waals surface area (Å²) >= 11 is 6.15. The third kappa shape index (κ3) is 1.73. The third-order valence-corrected chi connectivity index (χ3v) is 3.54. The molecule has 3 heteroatoms. The van der Waals surface area contributed by atoms with Gasteiger partial charge in [-0.15, -0.1) is 0 Å². The van der Waals surface area contributed by atoms with Gasteiger partial charge in [-0.25, -0.2) is 0 Å². The molecule has 0 N–H and O–H groups in total. The number of benzene rings is 1. The van der Waals surface area contributed by atoms with Gasteiger partial charge in [0.1, 0.15) is 0 Å². The van der Waals surface area contributed by atoms with Crippen molar-refractivity contribution in [3.63, 3.8) is 0 Å². The predicted molar refractivity (Wildman–Crippen MR) is 51.6 cm³/mol. The molecule has 1 aromatic rings. The Balaban J connectivity index is 2.58. The summed E-state index contributed by atoms with van der Waals surface area (Å²) in [5.41, 5.74) is 2.33. The van der Waals surface area contributed by atoms with E-state index in [2.05, 4.69) is 39.8 Å². The van der Waals surface area contributed by atoms with Crippen LogP contribution in [0.15, 0.2) is 22.7 Å². The fraction of sp³-hybridized carbons (Fsp3) is 0.200. The first kappa shape index (κ1) is 9.42. The Morgan fingerprint density at radius 1 is 1.31 bits per heavy atom. The van der Waals surface area contributed by atoms with Crippen LogP contribution in [0.25, 0.3) is 0 Å². The first-order valence-electron chi connectivity index (χ1n) is 4.00. The van der Waals surface area contributed by atoms with Crippen molar-refractivity contribution in [3.05, 3.63) is 33.8 Å². The second-order valence-corrected chi connectivity index (χ2v) is 4.75. The van der Waals surface area contributed by atoms with Gasteiger partial charge in [0, 0.05) is 0 Å². The van der Waals surface area contributed by atoms with Crippen LogP contribution in [0.4, 0.5) is 0 Å². The van der Waals surface area contributed by atoms with Crippen LogP contribution >= 0.6 is 15.9 Å². The van der Waals surface area contributed by atoms with Crippen LogP contribution < -0.4 is 0 Å². The van der Waals surface area contributed by atoms with E-state index in [-0.39, 0.29) is 5.78 Å². The Morgan fingerprint density at radius 2 is 2.08 bits per heavy atom. The zero-order valence-electron chi connectivity index (χ0n) is 6.77. The molecule has 0 spiro atoms. The van der Waals surface area contributed by atoms with Gasteiger partial charge in [0.15, 0.2) is 0 Å². The summed E-state index contributed by atoms with van der Waals surface area (Å²) in [6.07, 6.45) is 1.51. The Bertz CT molecular complexity index is 398. The molecule has 0 aliphatic heterocycles. The molecule has 1 aliphatic rings. The van der Waals surface area contributed by atoms with Gasteiger partial charge >= 0.3 is 95.1 Å². The molecule has 0 saturated heterocycles. The molecule has 0 atom stereocenters. The molecule has 1 nitrogen and oxygen atoms in total. The average Bonchev–Trinajstić information content (AvgIpc) is 2.12.